The van der Waals surface area contributed by atoms with Crippen LogP contribution in [0.2, 0.25) is 0 Å². The number of ether oxygens (including phenoxy) is 1. The van der Waals surface area contributed by atoms with Gasteiger partial charge in [-0.25, -0.2) is 4.79 Å². The van der Waals surface area contributed by atoms with Gasteiger partial charge in [0, 0.05) is 31.3 Å². The molecule has 1 N–H and O–H groups in total. The summed E-state index contributed by atoms with van der Waals surface area (Å²) in [5.74, 6) is 0. The maximum Gasteiger partial charge on any atom is 0.407 e. The van der Waals surface area contributed by atoms with Crippen molar-refractivity contribution < 1.29 is 9.53 Å². The lowest BCUT2D eigenvalue weighted by Gasteiger charge is -2.25. The summed E-state index contributed by atoms with van der Waals surface area (Å²) in [7, 11) is 0. The molecule has 25 heavy (non-hydrogen) atoms. The Labute approximate surface area is 148 Å². The maximum atomic E-state index is 11.4. The summed E-state index contributed by atoms with van der Waals surface area (Å²) in [6.45, 7) is 3.54. The van der Waals surface area contributed by atoms with E-state index in [-0.39, 0.29) is 11.7 Å². The monoisotopic (exact) mass is 337 g/mol. The van der Waals surface area contributed by atoms with Crippen molar-refractivity contribution in [3.05, 3.63) is 54.2 Å². The summed E-state index contributed by atoms with van der Waals surface area (Å²) in [6, 6.07) is 14.6. The van der Waals surface area contributed by atoms with E-state index < -0.39 is 0 Å². The standard InChI is InChI=1S/C20H23N3O2/c24-19-22-15-20(25-19)8-4-11-23(12-9-20)14-16-5-3-6-17(13-16)18-7-1-2-10-21-18/h1-3,5-7,10,13H,4,8-9,11-12,14-15H2,(H,22,24)/t20-/m1/s1. The number of aromatic nitrogens is 1. The number of alkyl carbamates (subject to hydrolysis) is 1. The van der Waals surface area contributed by atoms with Crippen molar-refractivity contribution in [2.45, 2.75) is 31.4 Å². The zero-order valence-corrected chi connectivity index (χ0v) is 14.3. The summed E-state index contributed by atoms with van der Waals surface area (Å²) >= 11 is 0. The summed E-state index contributed by atoms with van der Waals surface area (Å²) in [5.41, 5.74) is 3.16. The van der Waals surface area contributed by atoms with Crippen LogP contribution in [0.25, 0.3) is 11.3 Å². The highest BCUT2D eigenvalue weighted by molar-refractivity contribution is 5.70. The van der Waals surface area contributed by atoms with Gasteiger partial charge in [-0.1, -0.05) is 24.3 Å². The first kappa shape index (κ1) is 16.1. The molecule has 1 spiro atoms. The van der Waals surface area contributed by atoms with Crippen LogP contribution in [0.4, 0.5) is 4.79 Å². The van der Waals surface area contributed by atoms with E-state index in [2.05, 4.69) is 39.5 Å². The molecule has 0 bridgehead atoms. The van der Waals surface area contributed by atoms with Crippen LogP contribution in [-0.4, -0.2) is 41.2 Å². The first-order chi connectivity index (χ1) is 12.2. The van der Waals surface area contributed by atoms with E-state index in [1.165, 1.54) is 5.56 Å². The third kappa shape index (κ3) is 3.66. The Hall–Kier alpha value is -2.40. The fraction of sp³-hybridized carbons (Fsp3) is 0.400. The molecule has 130 valence electrons. The van der Waals surface area contributed by atoms with Gasteiger partial charge in [0.25, 0.3) is 0 Å². The zero-order chi connectivity index (χ0) is 17.1. The number of nitrogens with zero attached hydrogens (tertiary/aromatic N) is 2. The van der Waals surface area contributed by atoms with Gasteiger partial charge in [0.05, 0.1) is 12.2 Å². The number of hydrogen-bond acceptors (Lipinski definition) is 4. The summed E-state index contributed by atoms with van der Waals surface area (Å²) in [6.07, 6.45) is 4.45. The highest BCUT2D eigenvalue weighted by Crippen LogP contribution is 2.30. The fourth-order valence-corrected chi connectivity index (χ4v) is 3.78. The quantitative estimate of drug-likeness (QED) is 0.934. The molecule has 2 fully saturated rings. The van der Waals surface area contributed by atoms with Crippen molar-refractivity contribution in [1.82, 2.24) is 15.2 Å². The van der Waals surface area contributed by atoms with Crippen molar-refractivity contribution in [1.29, 1.82) is 0 Å². The van der Waals surface area contributed by atoms with Crippen molar-refractivity contribution >= 4 is 6.09 Å². The molecule has 2 saturated heterocycles. The van der Waals surface area contributed by atoms with Crippen molar-refractivity contribution in [3.63, 3.8) is 0 Å². The largest absolute Gasteiger partial charge is 0.441 e. The van der Waals surface area contributed by atoms with Gasteiger partial charge in [0.2, 0.25) is 0 Å². The molecule has 5 heteroatoms. The minimum Gasteiger partial charge on any atom is -0.441 e. The molecule has 1 atom stereocenters. The second-order valence-corrected chi connectivity index (χ2v) is 6.97. The molecular formula is C20H23N3O2. The molecule has 2 aliphatic rings. The molecule has 0 unspecified atom stereocenters. The Kier molecular flexibility index (Phi) is 4.40. The first-order valence-electron chi connectivity index (χ1n) is 8.92. The Morgan fingerprint density at radius 2 is 2.12 bits per heavy atom. The number of likely N-dealkylation sites (tertiary alicyclic amines) is 1. The van der Waals surface area contributed by atoms with E-state index >= 15 is 0 Å². The lowest BCUT2D eigenvalue weighted by atomic mass is 9.95. The molecule has 1 aromatic heterocycles. The van der Waals surface area contributed by atoms with Crippen molar-refractivity contribution in [3.8, 4) is 11.3 Å². The van der Waals surface area contributed by atoms with Gasteiger partial charge in [-0.2, -0.15) is 0 Å². The van der Waals surface area contributed by atoms with Crippen LogP contribution >= 0.6 is 0 Å². The average molecular weight is 337 g/mol. The average Bonchev–Trinajstić information content (AvgIpc) is 2.90. The van der Waals surface area contributed by atoms with Crippen molar-refractivity contribution in [2.75, 3.05) is 19.6 Å². The Morgan fingerprint density at radius 3 is 2.92 bits per heavy atom. The second kappa shape index (κ2) is 6.84. The molecule has 5 nitrogen and oxygen atoms in total. The van der Waals surface area contributed by atoms with Crippen LogP contribution in [0.1, 0.15) is 24.8 Å². The Balaban J connectivity index is 1.43. The fourth-order valence-electron chi connectivity index (χ4n) is 3.78. The van der Waals surface area contributed by atoms with Gasteiger partial charge in [0.1, 0.15) is 5.60 Å². The van der Waals surface area contributed by atoms with Gasteiger partial charge in [-0.05, 0) is 43.1 Å². The van der Waals surface area contributed by atoms with Gasteiger partial charge in [0.15, 0.2) is 0 Å². The maximum absolute atomic E-state index is 11.4. The lowest BCUT2D eigenvalue weighted by molar-refractivity contribution is 0.0443. The third-order valence-corrected chi connectivity index (χ3v) is 5.15. The van der Waals surface area contributed by atoms with Crippen LogP contribution in [0.5, 0.6) is 0 Å². The molecule has 2 aliphatic heterocycles. The smallest absolute Gasteiger partial charge is 0.407 e. The topological polar surface area (TPSA) is 54.5 Å². The Bertz CT molecular complexity index is 750. The Morgan fingerprint density at radius 1 is 1.16 bits per heavy atom. The lowest BCUT2D eigenvalue weighted by Crippen LogP contribution is -2.34. The van der Waals surface area contributed by atoms with Crippen LogP contribution in [0.15, 0.2) is 48.7 Å². The van der Waals surface area contributed by atoms with E-state index in [4.69, 9.17) is 4.74 Å². The number of benzene rings is 1. The number of carbonyl (C=O) groups is 1. The van der Waals surface area contributed by atoms with Crippen LogP contribution in [0.3, 0.4) is 0 Å². The SMILES string of the molecule is O=C1NC[C@]2(CCCN(Cc3cccc(-c4ccccn4)c3)CC2)O1. The summed E-state index contributed by atoms with van der Waals surface area (Å²) < 4.78 is 5.56. The first-order valence-corrected chi connectivity index (χ1v) is 8.92. The van der Waals surface area contributed by atoms with Gasteiger partial charge >= 0.3 is 6.09 Å². The molecule has 2 aromatic rings. The molecule has 0 radical (unpaired) electrons. The summed E-state index contributed by atoms with van der Waals surface area (Å²) in [5, 5.41) is 2.81. The third-order valence-electron chi connectivity index (χ3n) is 5.15. The van der Waals surface area contributed by atoms with E-state index in [1.807, 2.05) is 24.4 Å². The number of carbonyl (C=O) groups excluding carboxylic acids is 1. The minimum atomic E-state index is -0.290. The minimum absolute atomic E-state index is 0.267. The molecular weight excluding hydrogens is 314 g/mol. The van der Waals surface area contributed by atoms with Crippen LogP contribution in [-0.2, 0) is 11.3 Å². The molecule has 1 amide bonds. The second-order valence-electron chi connectivity index (χ2n) is 6.97. The molecule has 1 aromatic carbocycles. The number of hydrogen-bond donors (Lipinski definition) is 1. The predicted octanol–water partition coefficient (Wildman–Crippen LogP) is 3.21. The van der Waals surface area contributed by atoms with Crippen LogP contribution in [0, 0.1) is 0 Å². The van der Waals surface area contributed by atoms with E-state index in [1.54, 1.807) is 0 Å². The number of amides is 1. The molecule has 0 saturated carbocycles. The number of nitrogens with one attached hydrogen (secondary N) is 1. The highest BCUT2D eigenvalue weighted by Gasteiger charge is 2.41. The normalized spacial score (nSPS) is 23.9. The summed E-state index contributed by atoms with van der Waals surface area (Å²) in [4.78, 5) is 18.3. The highest BCUT2D eigenvalue weighted by atomic mass is 16.6. The van der Waals surface area contributed by atoms with Crippen LogP contribution < -0.4 is 5.32 Å². The van der Waals surface area contributed by atoms with E-state index in [9.17, 15) is 4.79 Å². The van der Waals surface area contributed by atoms with Gasteiger partial charge in [-0.3, -0.25) is 9.88 Å². The van der Waals surface area contributed by atoms with Gasteiger partial charge < -0.3 is 10.1 Å². The molecule has 3 heterocycles. The van der Waals surface area contributed by atoms with Gasteiger partial charge in [-0.15, -0.1) is 0 Å². The predicted molar refractivity (Wildman–Crippen MR) is 96.0 cm³/mol. The molecule has 4 rings (SSSR count). The number of rotatable bonds is 3. The molecule has 0 aliphatic carbocycles. The van der Waals surface area contributed by atoms with E-state index in [0.29, 0.717) is 6.54 Å². The van der Waals surface area contributed by atoms with E-state index in [0.717, 1.165) is 50.2 Å². The van der Waals surface area contributed by atoms with Crippen molar-refractivity contribution in [2.24, 2.45) is 0 Å². The zero-order valence-electron chi connectivity index (χ0n) is 14.3. The number of pyridine rings is 1.